The van der Waals surface area contributed by atoms with Crippen molar-refractivity contribution in [2.45, 2.75) is 60.9 Å². The summed E-state index contributed by atoms with van der Waals surface area (Å²) in [5.41, 5.74) is 13.1. The Morgan fingerprint density at radius 1 is 1.16 bits per heavy atom. The van der Waals surface area contributed by atoms with E-state index in [0.717, 1.165) is 45.6 Å². The molecule has 0 bridgehead atoms. The largest absolute Gasteiger partial charge is 0.481 e. The van der Waals surface area contributed by atoms with Gasteiger partial charge in [-0.25, -0.2) is 0 Å². The topological polar surface area (TPSA) is 100 Å². The average molecular weight is 522 g/mol. The molecule has 1 unspecified atom stereocenters. The van der Waals surface area contributed by atoms with Gasteiger partial charge in [-0.15, -0.1) is 0 Å². The van der Waals surface area contributed by atoms with E-state index in [1.54, 1.807) is 20.9 Å². The number of carbonyl (C=O) groups excluding carboxylic acids is 1. The highest BCUT2D eigenvalue weighted by molar-refractivity contribution is 5.78. The number of carboxylic acid groups (broad SMARTS) is 1. The molecule has 0 spiro atoms. The van der Waals surface area contributed by atoms with E-state index in [0.29, 0.717) is 19.6 Å². The molecule has 1 heterocycles. The number of amides is 1. The van der Waals surface area contributed by atoms with E-state index in [4.69, 9.17) is 5.53 Å². The van der Waals surface area contributed by atoms with Crippen LogP contribution in [0.25, 0.3) is 0 Å². The minimum absolute atomic E-state index is 0.0326. The van der Waals surface area contributed by atoms with E-state index in [2.05, 4.69) is 43.0 Å². The van der Waals surface area contributed by atoms with Gasteiger partial charge in [0.2, 0.25) is 5.91 Å². The standard InChI is InChI=1S/C30H43N5O3/c1-19-10-11-22(14-23(19)15-35-16-26(36)33(8)17-29(4,5)18-35)27(30(6,7)28(37)38)24-12-13-25(34(9)32-31)21(3)20(24)2/h10-14,27,31H,15-18H2,1-9H3,(H,37,38). The van der Waals surface area contributed by atoms with E-state index in [1.165, 1.54) is 5.01 Å². The lowest BCUT2D eigenvalue weighted by Gasteiger charge is -2.34. The molecule has 0 saturated carbocycles. The number of aliphatic carboxylic acids is 1. The van der Waals surface area contributed by atoms with Crippen LogP contribution in [0.3, 0.4) is 0 Å². The van der Waals surface area contributed by atoms with Crippen molar-refractivity contribution in [2.75, 3.05) is 38.7 Å². The summed E-state index contributed by atoms with van der Waals surface area (Å²) in [5.74, 6) is -1.16. The first-order chi connectivity index (χ1) is 17.6. The summed E-state index contributed by atoms with van der Waals surface area (Å²) in [6.07, 6.45) is 0. The van der Waals surface area contributed by atoms with Crippen LogP contribution in [-0.2, 0) is 16.1 Å². The average Bonchev–Trinajstić information content (AvgIpc) is 2.91. The summed E-state index contributed by atoms with van der Waals surface area (Å²) >= 11 is 0. The molecule has 1 fully saturated rings. The Balaban J connectivity index is 2.11. The Kier molecular flexibility index (Phi) is 8.36. The van der Waals surface area contributed by atoms with Crippen LogP contribution in [0.4, 0.5) is 5.69 Å². The van der Waals surface area contributed by atoms with Gasteiger partial charge < -0.3 is 10.0 Å². The summed E-state index contributed by atoms with van der Waals surface area (Å²) in [4.78, 5) is 29.3. The molecule has 1 aliphatic rings. The van der Waals surface area contributed by atoms with Crippen molar-refractivity contribution in [1.29, 1.82) is 5.53 Å². The van der Waals surface area contributed by atoms with Crippen molar-refractivity contribution in [2.24, 2.45) is 16.1 Å². The lowest BCUT2D eigenvalue weighted by atomic mass is 9.69. The molecule has 3 rings (SSSR count). The zero-order valence-electron chi connectivity index (χ0n) is 24.3. The number of nitrogens with zero attached hydrogens (tertiary/aromatic N) is 4. The van der Waals surface area contributed by atoms with Crippen molar-refractivity contribution < 1.29 is 14.7 Å². The van der Waals surface area contributed by atoms with Crippen molar-refractivity contribution in [3.63, 3.8) is 0 Å². The molecule has 1 atom stereocenters. The quantitative estimate of drug-likeness (QED) is 0.351. The van der Waals surface area contributed by atoms with Gasteiger partial charge in [-0.2, -0.15) is 5.53 Å². The highest BCUT2D eigenvalue weighted by Crippen LogP contribution is 2.44. The SMILES string of the molecule is Cc1ccc(C(c2ccc(N(C)N=N)c(C)c2C)C(C)(C)C(=O)O)cc1CN1CC(=O)N(C)CC(C)(C)C1. The number of aryl methyl sites for hydroxylation is 1. The first kappa shape index (κ1) is 29.3. The van der Waals surface area contributed by atoms with E-state index >= 15 is 0 Å². The zero-order chi connectivity index (χ0) is 28.6. The number of hydrogen-bond donors (Lipinski definition) is 2. The molecule has 2 N–H and O–H groups in total. The number of benzene rings is 2. The van der Waals surface area contributed by atoms with Crippen LogP contribution in [0.15, 0.2) is 35.6 Å². The van der Waals surface area contributed by atoms with Gasteiger partial charge in [-0.05, 0) is 79.5 Å². The Labute approximate surface area is 227 Å². The second kappa shape index (κ2) is 10.8. The highest BCUT2D eigenvalue weighted by Gasteiger charge is 2.40. The Bertz CT molecular complexity index is 1240. The molecule has 38 heavy (non-hydrogen) atoms. The number of likely N-dealkylation sites (N-methyl/N-ethyl adjacent to an activating group) is 1. The van der Waals surface area contributed by atoms with Gasteiger partial charge >= 0.3 is 5.97 Å². The van der Waals surface area contributed by atoms with Gasteiger partial charge in [-0.1, -0.05) is 43.3 Å². The Hall–Kier alpha value is -3.26. The molecule has 8 heteroatoms. The fourth-order valence-corrected chi connectivity index (χ4v) is 5.80. The number of carbonyl (C=O) groups is 2. The van der Waals surface area contributed by atoms with Crippen LogP contribution in [0.5, 0.6) is 0 Å². The summed E-state index contributed by atoms with van der Waals surface area (Å²) in [6, 6.07) is 10.1. The second-order valence-corrected chi connectivity index (χ2v) is 12.3. The molecule has 2 aromatic carbocycles. The van der Waals surface area contributed by atoms with Crippen LogP contribution >= 0.6 is 0 Å². The molecule has 0 aromatic heterocycles. The molecular weight excluding hydrogens is 478 g/mol. The van der Waals surface area contributed by atoms with E-state index < -0.39 is 17.3 Å². The first-order valence-electron chi connectivity index (χ1n) is 13.1. The van der Waals surface area contributed by atoms with Gasteiger partial charge in [0.25, 0.3) is 0 Å². The Morgan fingerprint density at radius 2 is 1.82 bits per heavy atom. The molecule has 1 amide bonds. The number of nitrogens with one attached hydrogen (secondary N) is 1. The Morgan fingerprint density at radius 3 is 2.42 bits per heavy atom. The van der Waals surface area contributed by atoms with Crippen molar-refractivity contribution in [3.8, 4) is 0 Å². The fourth-order valence-electron chi connectivity index (χ4n) is 5.80. The predicted molar refractivity (Wildman–Crippen MR) is 151 cm³/mol. The van der Waals surface area contributed by atoms with Gasteiger partial charge in [-0.3, -0.25) is 19.5 Å². The summed E-state index contributed by atoms with van der Waals surface area (Å²) in [5, 5.41) is 15.3. The number of anilines is 1. The lowest BCUT2D eigenvalue weighted by molar-refractivity contribution is -0.147. The monoisotopic (exact) mass is 521 g/mol. The van der Waals surface area contributed by atoms with E-state index in [-0.39, 0.29) is 11.3 Å². The third-order valence-corrected chi connectivity index (χ3v) is 8.08. The minimum Gasteiger partial charge on any atom is -0.481 e. The number of carboxylic acids is 1. The van der Waals surface area contributed by atoms with Gasteiger partial charge in [0, 0.05) is 39.6 Å². The van der Waals surface area contributed by atoms with Crippen LogP contribution in [0.2, 0.25) is 0 Å². The maximum atomic E-state index is 12.7. The molecule has 8 nitrogen and oxygen atoms in total. The summed E-state index contributed by atoms with van der Waals surface area (Å²) in [7, 11) is 3.59. The number of rotatable bonds is 8. The molecule has 2 aromatic rings. The molecular formula is C30H43N5O3. The molecule has 0 aliphatic carbocycles. The van der Waals surface area contributed by atoms with Gasteiger partial charge in [0.05, 0.1) is 17.6 Å². The zero-order valence-corrected chi connectivity index (χ0v) is 24.3. The summed E-state index contributed by atoms with van der Waals surface area (Å²) < 4.78 is 0. The van der Waals surface area contributed by atoms with Gasteiger partial charge in [0.15, 0.2) is 0 Å². The first-order valence-corrected chi connectivity index (χ1v) is 13.1. The van der Waals surface area contributed by atoms with E-state index in [9.17, 15) is 14.7 Å². The van der Waals surface area contributed by atoms with Crippen molar-refractivity contribution in [1.82, 2.24) is 9.80 Å². The van der Waals surface area contributed by atoms with Crippen molar-refractivity contribution in [3.05, 3.63) is 63.7 Å². The van der Waals surface area contributed by atoms with Crippen LogP contribution in [-0.4, -0.2) is 60.5 Å². The van der Waals surface area contributed by atoms with E-state index in [1.807, 2.05) is 44.0 Å². The molecule has 1 saturated heterocycles. The highest BCUT2D eigenvalue weighted by atomic mass is 16.4. The minimum atomic E-state index is -1.08. The number of hydrogen-bond acceptors (Lipinski definition) is 5. The third-order valence-electron chi connectivity index (χ3n) is 8.08. The maximum absolute atomic E-state index is 12.7. The molecule has 206 valence electrons. The fraction of sp³-hybridized carbons (Fsp3) is 0.533. The smallest absolute Gasteiger partial charge is 0.310 e. The summed E-state index contributed by atoms with van der Waals surface area (Å²) in [6.45, 7) is 16.5. The molecule has 0 radical (unpaired) electrons. The normalized spacial score (nSPS) is 17.2. The van der Waals surface area contributed by atoms with Crippen LogP contribution < -0.4 is 5.01 Å². The lowest BCUT2D eigenvalue weighted by Crippen LogP contribution is -2.35. The van der Waals surface area contributed by atoms with Gasteiger partial charge in [0.1, 0.15) is 0 Å². The predicted octanol–water partition coefficient (Wildman–Crippen LogP) is 5.54. The molecule has 1 aliphatic heterocycles. The van der Waals surface area contributed by atoms with Crippen LogP contribution in [0, 0.1) is 37.1 Å². The van der Waals surface area contributed by atoms with Crippen LogP contribution in [0.1, 0.15) is 67.0 Å². The second-order valence-electron chi connectivity index (χ2n) is 12.3. The van der Waals surface area contributed by atoms with Crippen molar-refractivity contribution >= 4 is 17.6 Å². The third kappa shape index (κ3) is 5.90. The maximum Gasteiger partial charge on any atom is 0.310 e.